The summed E-state index contributed by atoms with van der Waals surface area (Å²) < 4.78 is 5.45. The van der Waals surface area contributed by atoms with E-state index in [4.69, 9.17) is 16.3 Å². The standard InChI is InChI=1S/C19H23ClN2O2/c1-12-17(15-11-14(20)5-6-16(15)21-12)13-7-9-22(10-8-13)18(23)24-19(2,3)4/h5-7,11,21H,8-10H2,1-4H3. The number of halogens is 1. The lowest BCUT2D eigenvalue weighted by Gasteiger charge is -2.29. The fourth-order valence-electron chi connectivity index (χ4n) is 3.10. The average Bonchev–Trinajstić information content (AvgIpc) is 2.81. The monoisotopic (exact) mass is 346 g/mol. The van der Waals surface area contributed by atoms with E-state index in [1.807, 2.05) is 39.0 Å². The summed E-state index contributed by atoms with van der Waals surface area (Å²) in [4.78, 5) is 17.3. The molecule has 0 fully saturated rings. The Bertz CT molecular complexity index is 815. The molecule has 4 nitrogen and oxygen atoms in total. The molecule has 0 radical (unpaired) electrons. The predicted molar refractivity (Wildman–Crippen MR) is 98.4 cm³/mol. The Kier molecular flexibility index (Phi) is 4.35. The summed E-state index contributed by atoms with van der Waals surface area (Å²) >= 11 is 6.16. The van der Waals surface area contributed by atoms with Crippen molar-refractivity contribution in [2.75, 3.05) is 13.1 Å². The molecule has 128 valence electrons. The average molecular weight is 347 g/mol. The molecule has 1 aromatic carbocycles. The summed E-state index contributed by atoms with van der Waals surface area (Å²) in [7, 11) is 0. The van der Waals surface area contributed by atoms with Crippen LogP contribution in [-0.4, -0.2) is 34.7 Å². The molecule has 0 bridgehead atoms. The number of amides is 1. The third-order valence-corrected chi connectivity index (χ3v) is 4.37. The molecule has 1 aromatic heterocycles. The van der Waals surface area contributed by atoms with Gasteiger partial charge >= 0.3 is 6.09 Å². The molecule has 1 aliphatic rings. The van der Waals surface area contributed by atoms with Crippen LogP contribution in [0.3, 0.4) is 0 Å². The van der Waals surface area contributed by atoms with Gasteiger partial charge in [-0.2, -0.15) is 0 Å². The number of carbonyl (C=O) groups is 1. The van der Waals surface area contributed by atoms with E-state index in [0.717, 1.165) is 28.0 Å². The Morgan fingerprint density at radius 1 is 1.33 bits per heavy atom. The van der Waals surface area contributed by atoms with E-state index in [1.54, 1.807) is 4.90 Å². The van der Waals surface area contributed by atoms with E-state index in [2.05, 4.69) is 18.0 Å². The second-order valence-electron chi connectivity index (χ2n) is 7.22. The van der Waals surface area contributed by atoms with Gasteiger partial charge in [0.1, 0.15) is 5.60 Å². The smallest absolute Gasteiger partial charge is 0.410 e. The number of nitrogens with zero attached hydrogens (tertiary/aromatic N) is 1. The maximum absolute atomic E-state index is 12.2. The highest BCUT2D eigenvalue weighted by Crippen LogP contribution is 2.33. The molecule has 0 saturated heterocycles. The van der Waals surface area contributed by atoms with Gasteiger partial charge in [0.2, 0.25) is 0 Å². The minimum absolute atomic E-state index is 0.253. The van der Waals surface area contributed by atoms with Crippen LogP contribution in [0.5, 0.6) is 0 Å². The lowest BCUT2D eigenvalue weighted by Crippen LogP contribution is -2.39. The molecule has 0 atom stereocenters. The van der Waals surface area contributed by atoms with Crippen LogP contribution in [0.1, 0.15) is 38.4 Å². The molecule has 2 aromatic rings. The number of carbonyl (C=O) groups excluding carboxylic acids is 1. The Morgan fingerprint density at radius 3 is 2.71 bits per heavy atom. The molecular formula is C19H23ClN2O2. The van der Waals surface area contributed by atoms with Gasteiger partial charge < -0.3 is 14.6 Å². The fourth-order valence-corrected chi connectivity index (χ4v) is 3.27. The molecule has 5 heteroatoms. The van der Waals surface area contributed by atoms with Crippen LogP contribution in [0.15, 0.2) is 24.3 Å². The molecule has 2 heterocycles. The number of aromatic nitrogens is 1. The van der Waals surface area contributed by atoms with E-state index in [9.17, 15) is 4.79 Å². The van der Waals surface area contributed by atoms with Gasteiger partial charge in [0.05, 0.1) is 0 Å². The topological polar surface area (TPSA) is 45.3 Å². The van der Waals surface area contributed by atoms with Crippen molar-refractivity contribution in [3.8, 4) is 0 Å². The normalized spacial score (nSPS) is 15.5. The third-order valence-electron chi connectivity index (χ3n) is 4.13. The maximum atomic E-state index is 12.2. The largest absolute Gasteiger partial charge is 0.444 e. The summed E-state index contributed by atoms with van der Waals surface area (Å²) in [5, 5.41) is 1.87. The molecule has 24 heavy (non-hydrogen) atoms. The Morgan fingerprint density at radius 2 is 2.08 bits per heavy atom. The molecule has 0 aliphatic carbocycles. The lowest BCUT2D eigenvalue weighted by atomic mass is 9.97. The summed E-state index contributed by atoms with van der Waals surface area (Å²) in [5.74, 6) is 0. The Labute approximate surface area is 147 Å². The van der Waals surface area contributed by atoms with Crippen molar-refractivity contribution in [3.63, 3.8) is 0 Å². The first-order chi connectivity index (χ1) is 11.2. The van der Waals surface area contributed by atoms with Gasteiger partial charge in [-0.15, -0.1) is 0 Å². The van der Waals surface area contributed by atoms with E-state index in [0.29, 0.717) is 13.1 Å². The van der Waals surface area contributed by atoms with Crippen molar-refractivity contribution in [3.05, 3.63) is 40.6 Å². The fraction of sp³-hybridized carbons (Fsp3) is 0.421. The minimum atomic E-state index is -0.467. The van der Waals surface area contributed by atoms with Gasteiger partial charge in [0, 0.05) is 40.3 Å². The van der Waals surface area contributed by atoms with Crippen LogP contribution >= 0.6 is 11.6 Å². The number of aryl methyl sites for hydroxylation is 1. The molecule has 1 amide bonds. The second-order valence-corrected chi connectivity index (χ2v) is 7.66. The zero-order valence-electron chi connectivity index (χ0n) is 14.6. The van der Waals surface area contributed by atoms with Crippen LogP contribution in [0.4, 0.5) is 4.79 Å². The van der Waals surface area contributed by atoms with Crippen molar-refractivity contribution in [1.82, 2.24) is 9.88 Å². The Balaban J connectivity index is 1.84. The van der Waals surface area contributed by atoms with Crippen LogP contribution in [0.2, 0.25) is 5.02 Å². The predicted octanol–water partition coefficient (Wildman–Crippen LogP) is 5.15. The van der Waals surface area contributed by atoms with Crippen LogP contribution in [0.25, 0.3) is 16.5 Å². The third kappa shape index (κ3) is 3.44. The summed E-state index contributed by atoms with van der Waals surface area (Å²) in [6.07, 6.45) is 2.67. The van der Waals surface area contributed by atoms with E-state index in [1.165, 1.54) is 11.1 Å². The number of benzene rings is 1. The lowest BCUT2D eigenvalue weighted by molar-refractivity contribution is 0.0270. The number of fused-ring (bicyclic) bond motifs is 1. The summed E-state index contributed by atoms with van der Waals surface area (Å²) in [5.41, 5.74) is 4.20. The molecule has 0 unspecified atom stereocenters. The van der Waals surface area contributed by atoms with Gasteiger partial charge in [-0.05, 0) is 57.9 Å². The van der Waals surface area contributed by atoms with Crippen LogP contribution in [-0.2, 0) is 4.74 Å². The quantitative estimate of drug-likeness (QED) is 0.775. The number of hydrogen-bond donors (Lipinski definition) is 1. The summed E-state index contributed by atoms with van der Waals surface area (Å²) in [6.45, 7) is 8.95. The van der Waals surface area contributed by atoms with Crippen molar-refractivity contribution in [2.24, 2.45) is 0 Å². The van der Waals surface area contributed by atoms with Gasteiger partial charge in [-0.1, -0.05) is 17.7 Å². The minimum Gasteiger partial charge on any atom is -0.444 e. The second kappa shape index (κ2) is 6.17. The Hall–Kier alpha value is -1.94. The molecular weight excluding hydrogens is 324 g/mol. The van der Waals surface area contributed by atoms with Crippen molar-refractivity contribution in [1.29, 1.82) is 0 Å². The van der Waals surface area contributed by atoms with Gasteiger partial charge in [0.15, 0.2) is 0 Å². The number of nitrogens with one attached hydrogen (secondary N) is 1. The number of H-pyrrole nitrogens is 1. The van der Waals surface area contributed by atoms with Crippen molar-refractivity contribution in [2.45, 2.75) is 39.7 Å². The number of rotatable bonds is 1. The van der Waals surface area contributed by atoms with Gasteiger partial charge in [-0.3, -0.25) is 0 Å². The first kappa shape index (κ1) is 16.9. The zero-order valence-corrected chi connectivity index (χ0v) is 15.3. The van der Waals surface area contributed by atoms with Crippen LogP contribution < -0.4 is 0 Å². The maximum Gasteiger partial charge on any atom is 0.410 e. The number of ether oxygens (including phenoxy) is 1. The van der Waals surface area contributed by atoms with Crippen LogP contribution in [0, 0.1) is 6.92 Å². The molecule has 1 aliphatic heterocycles. The van der Waals surface area contributed by atoms with Crippen molar-refractivity contribution >= 4 is 34.2 Å². The molecule has 0 spiro atoms. The zero-order chi connectivity index (χ0) is 17.5. The number of aromatic amines is 1. The molecule has 0 saturated carbocycles. The molecule has 1 N–H and O–H groups in total. The van der Waals surface area contributed by atoms with Crippen molar-refractivity contribution < 1.29 is 9.53 Å². The highest BCUT2D eigenvalue weighted by atomic mass is 35.5. The highest BCUT2D eigenvalue weighted by molar-refractivity contribution is 6.31. The van der Waals surface area contributed by atoms with E-state index in [-0.39, 0.29) is 6.09 Å². The molecule has 3 rings (SSSR count). The van der Waals surface area contributed by atoms with E-state index >= 15 is 0 Å². The number of hydrogen-bond acceptors (Lipinski definition) is 2. The van der Waals surface area contributed by atoms with Gasteiger partial charge in [0.25, 0.3) is 0 Å². The highest BCUT2D eigenvalue weighted by Gasteiger charge is 2.25. The van der Waals surface area contributed by atoms with E-state index < -0.39 is 5.60 Å². The van der Waals surface area contributed by atoms with Gasteiger partial charge in [-0.25, -0.2) is 4.79 Å². The first-order valence-electron chi connectivity index (χ1n) is 8.20. The summed E-state index contributed by atoms with van der Waals surface area (Å²) in [6, 6.07) is 5.89. The SMILES string of the molecule is Cc1[nH]c2ccc(Cl)cc2c1C1=CCN(C(=O)OC(C)(C)C)CC1. The first-order valence-corrected chi connectivity index (χ1v) is 8.57.